The first kappa shape index (κ1) is 24.1. The summed E-state index contributed by atoms with van der Waals surface area (Å²) in [5, 5.41) is 8.96. The van der Waals surface area contributed by atoms with Crippen LogP contribution in [0.1, 0.15) is 57.1 Å². The van der Waals surface area contributed by atoms with E-state index in [1.807, 2.05) is 42.5 Å². The number of hydrogen-bond acceptors (Lipinski definition) is 6. The molecule has 4 rings (SSSR count). The maximum atomic E-state index is 12.8. The van der Waals surface area contributed by atoms with Gasteiger partial charge in [0.2, 0.25) is 5.91 Å². The summed E-state index contributed by atoms with van der Waals surface area (Å²) in [5.41, 5.74) is 3.45. The van der Waals surface area contributed by atoms with E-state index in [-0.39, 0.29) is 22.5 Å². The Morgan fingerprint density at radius 2 is 1.88 bits per heavy atom. The molecule has 180 valence electrons. The highest BCUT2D eigenvalue weighted by Crippen LogP contribution is 2.35. The predicted octanol–water partition coefficient (Wildman–Crippen LogP) is 5.83. The lowest BCUT2D eigenvalue weighted by molar-refractivity contribution is -0.114. The minimum atomic E-state index is -0.119. The van der Waals surface area contributed by atoms with E-state index in [2.05, 4.69) is 12.2 Å². The summed E-state index contributed by atoms with van der Waals surface area (Å²) in [6, 6.07) is 13.3. The molecule has 0 saturated heterocycles. The van der Waals surface area contributed by atoms with E-state index in [1.165, 1.54) is 36.5 Å². The second kappa shape index (κ2) is 11.0. The van der Waals surface area contributed by atoms with Gasteiger partial charge in [-0.15, -0.1) is 0 Å². The van der Waals surface area contributed by atoms with Crippen molar-refractivity contribution in [2.24, 2.45) is 5.10 Å². The number of nitrogens with zero attached hydrogens (tertiary/aromatic N) is 2. The summed E-state index contributed by atoms with van der Waals surface area (Å²) in [5.74, 6) is 1.32. The Morgan fingerprint density at radius 1 is 1.15 bits per heavy atom. The molecule has 1 saturated carbocycles. The van der Waals surface area contributed by atoms with Gasteiger partial charge in [0.1, 0.15) is 0 Å². The SMILES string of the molecule is CCC1SC(=O)N(Cc2ccc(NC(C)=O)cc2)N=C1c1ccc(OC)c(OC2CCCC2)c1. The molecule has 0 bridgehead atoms. The quantitative estimate of drug-likeness (QED) is 0.513. The van der Waals surface area contributed by atoms with Gasteiger partial charge < -0.3 is 14.8 Å². The summed E-state index contributed by atoms with van der Waals surface area (Å²) in [6.07, 6.45) is 5.51. The maximum Gasteiger partial charge on any atom is 0.302 e. The molecule has 34 heavy (non-hydrogen) atoms. The number of hydrogen-bond donors (Lipinski definition) is 1. The van der Waals surface area contributed by atoms with Crippen molar-refractivity contribution in [1.82, 2.24) is 5.01 Å². The fourth-order valence-corrected chi connectivity index (χ4v) is 5.21. The van der Waals surface area contributed by atoms with E-state index in [4.69, 9.17) is 14.6 Å². The predicted molar refractivity (Wildman–Crippen MR) is 136 cm³/mol. The molecule has 2 aromatic carbocycles. The van der Waals surface area contributed by atoms with E-state index < -0.39 is 0 Å². The number of thioether (sulfide) groups is 1. The summed E-state index contributed by atoms with van der Waals surface area (Å²) in [6.45, 7) is 3.89. The third-order valence-electron chi connectivity index (χ3n) is 6.02. The van der Waals surface area contributed by atoms with Crippen molar-refractivity contribution >= 4 is 34.3 Å². The summed E-state index contributed by atoms with van der Waals surface area (Å²) in [4.78, 5) is 24.1. The van der Waals surface area contributed by atoms with E-state index in [9.17, 15) is 9.59 Å². The molecule has 0 radical (unpaired) electrons. The highest BCUT2D eigenvalue weighted by molar-refractivity contribution is 8.14. The van der Waals surface area contributed by atoms with Crippen molar-refractivity contribution in [1.29, 1.82) is 0 Å². The maximum absolute atomic E-state index is 12.8. The number of ether oxygens (including phenoxy) is 2. The van der Waals surface area contributed by atoms with Gasteiger partial charge in [-0.1, -0.05) is 30.8 Å². The molecule has 1 atom stereocenters. The number of methoxy groups -OCH3 is 1. The van der Waals surface area contributed by atoms with Gasteiger partial charge in [-0.3, -0.25) is 9.59 Å². The van der Waals surface area contributed by atoms with Crippen molar-refractivity contribution in [2.75, 3.05) is 12.4 Å². The average Bonchev–Trinajstić information content (AvgIpc) is 3.34. The fraction of sp³-hybridized carbons (Fsp3) is 0.423. The lowest BCUT2D eigenvalue weighted by atomic mass is 10.0. The number of amides is 2. The zero-order chi connectivity index (χ0) is 24.1. The third kappa shape index (κ3) is 5.73. The Balaban J connectivity index is 1.59. The number of rotatable bonds is 8. The van der Waals surface area contributed by atoms with Gasteiger partial charge in [-0.2, -0.15) is 5.10 Å². The molecule has 1 aliphatic heterocycles. The molecule has 2 amide bonds. The van der Waals surface area contributed by atoms with E-state index in [0.29, 0.717) is 12.3 Å². The Labute approximate surface area is 204 Å². The van der Waals surface area contributed by atoms with Crippen LogP contribution in [0.15, 0.2) is 47.6 Å². The van der Waals surface area contributed by atoms with Crippen LogP contribution in [0.5, 0.6) is 11.5 Å². The molecule has 2 aliphatic rings. The summed E-state index contributed by atoms with van der Waals surface area (Å²) >= 11 is 1.30. The third-order valence-corrected chi connectivity index (χ3v) is 7.27. The van der Waals surface area contributed by atoms with Gasteiger partial charge in [0.25, 0.3) is 0 Å². The monoisotopic (exact) mass is 481 g/mol. The first-order valence-electron chi connectivity index (χ1n) is 11.7. The van der Waals surface area contributed by atoms with Crippen LogP contribution in [-0.2, 0) is 11.3 Å². The van der Waals surface area contributed by atoms with Crippen LogP contribution in [0.4, 0.5) is 10.5 Å². The Morgan fingerprint density at radius 3 is 2.53 bits per heavy atom. The molecule has 0 aromatic heterocycles. The molecule has 8 heteroatoms. The van der Waals surface area contributed by atoms with Gasteiger partial charge in [-0.25, -0.2) is 5.01 Å². The van der Waals surface area contributed by atoms with Crippen LogP contribution in [0, 0.1) is 0 Å². The highest BCUT2D eigenvalue weighted by Gasteiger charge is 2.31. The largest absolute Gasteiger partial charge is 0.493 e. The summed E-state index contributed by atoms with van der Waals surface area (Å²) in [7, 11) is 1.65. The van der Waals surface area contributed by atoms with Crippen molar-refractivity contribution in [2.45, 2.75) is 63.9 Å². The van der Waals surface area contributed by atoms with Gasteiger partial charge >= 0.3 is 5.24 Å². The molecular weight excluding hydrogens is 450 g/mol. The minimum Gasteiger partial charge on any atom is -0.493 e. The number of hydrazone groups is 1. The van der Waals surface area contributed by atoms with E-state index in [0.717, 1.165) is 47.5 Å². The lowest BCUT2D eigenvalue weighted by Gasteiger charge is -2.29. The molecule has 2 aromatic rings. The smallest absolute Gasteiger partial charge is 0.302 e. The molecule has 0 spiro atoms. The standard InChI is InChI=1S/C26H31N3O4S/c1-4-24-25(19-11-14-22(32-3)23(15-19)33-21-7-5-6-8-21)28-29(26(31)34-24)16-18-9-12-20(13-10-18)27-17(2)30/h9-15,21,24H,4-8,16H2,1-3H3,(H,27,30). The number of carbonyl (C=O) groups is 2. The van der Waals surface area contributed by atoms with Crippen LogP contribution in [0.2, 0.25) is 0 Å². The summed E-state index contributed by atoms with van der Waals surface area (Å²) < 4.78 is 11.8. The second-order valence-electron chi connectivity index (χ2n) is 8.59. The van der Waals surface area contributed by atoms with E-state index >= 15 is 0 Å². The van der Waals surface area contributed by atoms with Crippen LogP contribution < -0.4 is 14.8 Å². The van der Waals surface area contributed by atoms with Crippen LogP contribution in [0.25, 0.3) is 0 Å². The van der Waals surface area contributed by atoms with Crippen molar-refractivity contribution in [3.8, 4) is 11.5 Å². The lowest BCUT2D eigenvalue weighted by Crippen LogP contribution is -2.34. The molecule has 7 nitrogen and oxygen atoms in total. The highest BCUT2D eigenvalue weighted by atomic mass is 32.2. The normalized spacial score (nSPS) is 18.6. The van der Waals surface area contributed by atoms with Gasteiger partial charge in [0.15, 0.2) is 11.5 Å². The molecular formula is C26H31N3O4S. The second-order valence-corrected chi connectivity index (χ2v) is 9.75. The minimum absolute atomic E-state index is 0.0291. The van der Waals surface area contributed by atoms with Crippen LogP contribution >= 0.6 is 11.8 Å². The first-order chi connectivity index (χ1) is 16.5. The molecule has 1 N–H and O–H groups in total. The molecule has 1 unspecified atom stereocenters. The van der Waals surface area contributed by atoms with E-state index in [1.54, 1.807) is 7.11 Å². The number of nitrogens with one attached hydrogen (secondary N) is 1. The molecule has 1 aliphatic carbocycles. The van der Waals surface area contributed by atoms with Gasteiger partial charge in [0, 0.05) is 18.2 Å². The number of anilines is 1. The van der Waals surface area contributed by atoms with Gasteiger partial charge in [-0.05, 0) is 68.0 Å². The first-order valence-corrected chi connectivity index (χ1v) is 12.6. The van der Waals surface area contributed by atoms with Crippen LogP contribution in [0.3, 0.4) is 0 Å². The zero-order valence-electron chi connectivity index (χ0n) is 19.9. The fourth-order valence-electron chi connectivity index (χ4n) is 4.28. The number of carbonyl (C=O) groups excluding carboxylic acids is 2. The Bertz CT molecular complexity index is 1060. The molecule has 1 heterocycles. The molecule has 1 fully saturated rings. The number of benzene rings is 2. The van der Waals surface area contributed by atoms with Crippen LogP contribution in [-0.4, -0.2) is 40.3 Å². The zero-order valence-corrected chi connectivity index (χ0v) is 20.7. The average molecular weight is 482 g/mol. The topological polar surface area (TPSA) is 80.2 Å². The van der Waals surface area contributed by atoms with Crippen molar-refractivity contribution in [3.05, 3.63) is 53.6 Å². The Hall–Kier alpha value is -3.00. The Kier molecular flexibility index (Phi) is 7.77. The van der Waals surface area contributed by atoms with Gasteiger partial charge in [0.05, 0.1) is 30.7 Å². The van der Waals surface area contributed by atoms with Crippen molar-refractivity contribution in [3.63, 3.8) is 0 Å². The van der Waals surface area contributed by atoms with Crippen molar-refractivity contribution < 1.29 is 19.1 Å².